The molecule has 3 rings (SSSR count). The fraction of sp³-hybridized carbons (Fsp3) is 0.471. The van der Waals surface area contributed by atoms with Crippen molar-refractivity contribution in [1.82, 2.24) is 10.2 Å². The minimum atomic E-state index is 0.105. The van der Waals surface area contributed by atoms with Crippen molar-refractivity contribution in [2.75, 3.05) is 4.90 Å². The summed E-state index contributed by atoms with van der Waals surface area (Å²) in [5.41, 5.74) is 5.49. The van der Waals surface area contributed by atoms with Gasteiger partial charge in [0.1, 0.15) is 0 Å². The van der Waals surface area contributed by atoms with Gasteiger partial charge in [-0.3, -0.25) is 5.10 Å². The first-order valence-corrected chi connectivity index (χ1v) is 7.34. The Hall–Kier alpha value is -1.77. The van der Waals surface area contributed by atoms with E-state index in [9.17, 15) is 0 Å². The number of hydrogen-bond donors (Lipinski definition) is 1. The molecule has 2 aromatic rings. The van der Waals surface area contributed by atoms with E-state index in [0.29, 0.717) is 6.04 Å². The maximum absolute atomic E-state index is 4.26. The number of fused-ring (bicyclic) bond motifs is 1. The van der Waals surface area contributed by atoms with Gasteiger partial charge in [-0.2, -0.15) is 5.10 Å². The Morgan fingerprint density at radius 1 is 1.30 bits per heavy atom. The third-order valence-corrected chi connectivity index (χ3v) is 4.16. The highest BCUT2D eigenvalue weighted by Crippen LogP contribution is 2.34. The van der Waals surface area contributed by atoms with Gasteiger partial charge in [0.15, 0.2) is 0 Å². The van der Waals surface area contributed by atoms with E-state index < -0.39 is 0 Å². The maximum atomic E-state index is 4.26. The number of rotatable bonds is 2. The molecular formula is C17H23N3. The van der Waals surface area contributed by atoms with Crippen LogP contribution in [0.3, 0.4) is 0 Å². The predicted octanol–water partition coefficient (Wildman–Crippen LogP) is 3.66. The minimum absolute atomic E-state index is 0.105. The van der Waals surface area contributed by atoms with Crippen molar-refractivity contribution in [3.05, 3.63) is 47.3 Å². The predicted molar refractivity (Wildman–Crippen MR) is 83.1 cm³/mol. The zero-order valence-corrected chi connectivity index (χ0v) is 12.8. The highest BCUT2D eigenvalue weighted by molar-refractivity contribution is 5.59. The van der Waals surface area contributed by atoms with Gasteiger partial charge in [-0.05, 0) is 25.0 Å². The van der Waals surface area contributed by atoms with Crippen molar-refractivity contribution in [3.8, 4) is 0 Å². The molecule has 0 bridgehead atoms. The van der Waals surface area contributed by atoms with E-state index in [0.717, 1.165) is 13.0 Å². The van der Waals surface area contributed by atoms with Crippen molar-refractivity contribution < 1.29 is 0 Å². The van der Waals surface area contributed by atoms with Crippen LogP contribution in [0.4, 0.5) is 5.69 Å². The normalized spacial score (nSPS) is 18.4. The van der Waals surface area contributed by atoms with E-state index in [2.05, 4.69) is 67.1 Å². The van der Waals surface area contributed by atoms with Crippen LogP contribution in [0.5, 0.6) is 0 Å². The van der Waals surface area contributed by atoms with Gasteiger partial charge in [-0.25, -0.2) is 0 Å². The molecule has 20 heavy (non-hydrogen) atoms. The molecule has 106 valence electrons. The largest absolute Gasteiger partial charge is 0.364 e. The highest BCUT2D eigenvalue weighted by Gasteiger charge is 2.28. The number of aromatic nitrogens is 2. The van der Waals surface area contributed by atoms with E-state index in [-0.39, 0.29) is 5.41 Å². The second-order valence-electron chi connectivity index (χ2n) is 6.83. The van der Waals surface area contributed by atoms with Crippen LogP contribution < -0.4 is 4.90 Å². The molecule has 0 aliphatic carbocycles. The summed E-state index contributed by atoms with van der Waals surface area (Å²) in [4.78, 5) is 2.50. The van der Waals surface area contributed by atoms with E-state index in [4.69, 9.17) is 0 Å². The van der Waals surface area contributed by atoms with Crippen molar-refractivity contribution >= 4 is 5.69 Å². The molecule has 3 heteroatoms. The molecule has 0 saturated heterocycles. The summed E-state index contributed by atoms with van der Waals surface area (Å²) >= 11 is 0. The fourth-order valence-corrected chi connectivity index (χ4v) is 3.13. The molecule has 0 spiro atoms. The molecular weight excluding hydrogens is 246 g/mol. The average Bonchev–Trinajstić information content (AvgIpc) is 2.95. The summed E-state index contributed by atoms with van der Waals surface area (Å²) < 4.78 is 0. The molecule has 0 amide bonds. The van der Waals surface area contributed by atoms with Crippen LogP contribution in [0.25, 0.3) is 0 Å². The standard InChI is InChI=1S/C17H23N3/c1-12-9-13-7-5-6-8-15(13)20(12)11-14-10-18-19-16(14)17(2,3)4/h5-8,10,12H,9,11H2,1-4H3,(H,18,19)/t12-/m0/s1. The van der Waals surface area contributed by atoms with Gasteiger partial charge in [0.2, 0.25) is 0 Å². The molecule has 0 unspecified atom stereocenters. The first-order valence-electron chi connectivity index (χ1n) is 7.34. The van der Waals surface area contributed by atoms with E-state index >= 15 is 0 Å². The van der Waals surface area contributed by atoms with Crippen LogP contribution in [0.2, 0.25) is 0 Å². The molecule has 0 fully saturated rings. The van der Waals surface area contributed by atoms with Crippen LogP contribution in [0.1, 0.15) is 44.5 Å². The monoisotopic (exact) mass is 269 g/mol. The number of aromatic amines is 1. The molecule has 1 aromatic heterocycles. The second kappa shape index (κ2) is 4.65. The SMILES string of the molecule is C[C@H]1Cc2ccccc2N1Cc1cn[nH]c1C(C)(C)C. The van der Waals surface area contributed by atoms with Crippen molar-refractivity contribution in [2.24, 2.45) is 0 Å². The Labute approximate surface area is 121 Å². The lowest BCUT2D eigenvalue weighted by Crippen LogP contribution is -2.29. The summed E-state index contributed by atoms with van der Waals surface area (Å²) in [5, 5.41) is 7.44. The number of para-hydroxylation sites is 1. The Morgan fingerprint density at radius 3 is 2.80 bits per heavy atom. The Balaban J connectivity index is 1.91. The third kappa shape index (κ3) is 2.21. The maximum Gasteiger partial charge on any atom is 0.0540 e. The van der Waals surface area contributed by atoms with Gasteiger partial charge in [-0.15, -0.1) is 0 Å². The topological polar surface area (TPSA) is 31.9 Å². The lowest BCUT2D eigenvalue weighted by molar-refractivity contribution is 0.556. The van der Waals surface area contributed by atoms with Crippen LogP contribution in [-0.2, 0) is 18.4 Å². The molecule has 1 atom stereocenters. The first-order chi connectivity index (χ1) is 9.47. The molecule has 0 saturated carbocycles. The number of benzene rings is 1. The van der Waals surface area contributed by atoms with Crippen LogP contribution >= 0.6 is 0 Å². The van der Waals surface area contributed by atoms with Crippen molar-refractivity contribution in [1.29, 1.82) is 0 Å². The zero-order chi connectivity index (χ0) is 14.3. The summed E-state index contributed by atoms with van der Waals surface area (Å²) in [5.74, 6) is 0. The van der Waals surface area contributed by atoms with Crippen LogP contribution in [0, 0.1) is 0 Å². The minimum Gasteiger partial charge on any atom is -0.364 e. The molecule has 1 aromatic carbocycles. The molecule has 1 aliphatic rings. The molecule has 0 radical (unpaired) electrons. The van der Waals surface area contributed by atoms with Gasteiger partial charge >= 0.3 is 0 Å². The number of anilines is 1. The summed E-state index contributed by atoms with van der Waals surface area (Å²) in [7, 11) is 0. The summed E-state index contributed by atoms with van der Waals surface area (Å²) in [6.45, 7) is 9.92. The third-order valence-electron chi connectivity index (χ3n) is 4.16. The molecule has 3 nitrogen and oxygen atoms in total. The Morgan fingerprint density at radius 2 is 2.05 bits per heavy atom. The highest BCUT2D eigenvalue weighted by atomic mass is 15.2. The van der Waals surface area contributed by atoms with E-state index in [1.165, 1.54) is 22.5 Å². The smallest absolute Gasteiger partial charge is 0.0540 e. The van der Waals surface area contributed by atoms with Gasteiger partial charge in [0.05, 0.1) is 6.20 Å². The number of H-pyrrole nitrogens is 1. The average molecular weight is 269 g/mol. The van der Waals surface area contributed by atoms with E-state index in [1.807, 2.05) is 6.20 Å². The lowest BCUT2D eigenvalue weighted by Gasteiger charge is -2.27. The fourth-order valence-electron chi connectivity index (χ4n) is 3.13. The quantitative estimate of drug-likeness (QED) is 0.902. The molecule has 1 N–H and O–H groups in total. The molecule has 2 heterocycles. The van der Waals surface area contributed by atoms with Crippen LogP contribution in [0.15, 0.2) is 30.5 Å². The first kappa shape index (κ1) is 13.2. The van der Waals surface area contributed by atoms with Gasteiger partial charge in [0, 0.05) is 34.9 Å². The van der Waals surface area contributed by atoms with Gasteiger partial charge in [0.25, 0.3) is 0 Å². The number of nitrogens with zero attached hydrogens (tertiary/aromatic N) is 2. The number of hydrogen-bond acceptors (Lipinski definition) is 2. The van der Waals surface area contributed by atoms with Crippen LogP contribution in [-0.4, -0.2) is 16.2 Å². The van der Waals surface area contributed by atoms with E-state index in [1.54, 1.807) is 0 Å². The summed E-state index contributed by atoms with van der Waals surface area (Å²) in [6, 6.07) is 9.29. The zero-order valence-electron chi connectivity index (χ0n) is 12.8. The van der Waals surface area contributed by atoms with Crippen molar-refractivity contribution in [3.63, 3.8) is 0 Å². The molecule has 1 aliphatic heterocycles. The number of nitrogens with one attached hydrogen (secondary N) is 1. The Kier molecular flexibility index (Phi) is 3.08. The van der Waals surface area contributed by atoms with Crippen molar-refractivity contribution in [2.45, 2.75) is 52.1 Å². The van der Waals surface area contributed by atoms with Gasteiger partial charge in [-0.1, -0.05) is 39.0 Å². The van der Waals surface area contributed by atoms with Gasteiger partial charge < -0.3 is 4.90 Å². The second-order valence-corrected chi connectivity index (χ2v) is 6.83. The summed E-state index contributed by atoms with van der Waals surface area (Å²) in [6.07, 6.45) is 3.12. The lowest BCUT2D eigenvalue weighted by atomic mass is 9.89. The Bertz CT molecular complexity index is 607.